The van der Waals surface area contributed by atoms with Crippen LogP contribution in [-0.4, -0.2) is 33.2 Å². The Balaban J connectivity index is 1.95. The lowest BCUT2D eigenvalue weighted by atomic mass is 10.1. The second-order valence-electron chi connectivity index (χ2n) is 6.13. The Morgan fingerprint density at radius 1 is 1.12 bits per heavy atom. The molecule has 0 saturated heterocycles. The van der Waals surface area contributed by atoms with Crippen molar-refractivity contribution in [2.75, 3.05) is 21.3 Å². The van der Waals surface area contributed by atoms with Crippen molar-refractivity contribution in [2.45, 2.75) is 26.1 Å². The molecule has 1 unspecified atom stereocenters. The minimum absolute atomic E-state index is 0.0360. The van der Waals surface area contributed by atoms with Crippen molar-refractivity contribution in [3.8, 4) is 11.5 Å². The lowest BCUT2D eigenvalue weighted by molar-refractivity contribution is -0.908. The Bertz CT molecular complexity index is 689. The molecular weight excluding hydrogens is 316 g/mol. The maximum atomic E-state index is 12.4. The summed E-state index contributed by atoms with van der Waals surface area (Å²) in [4.78, 5) is 13.5. The molecule has 5 nitrogen and oxygen atoms in total. The van der Waals surface area contributed by atoms with Crippen molar-refractivity contribution in [2.24, 2.45) is 0 Å². The fraction of sp³-hybridized carbons (Fsp3) is 0.350. The van der Waals surface area contributed by atoms with Crippen LogP contribution in [0.1, 0.15) is 18.1 Å². The number of rotatable bonds is 8. The number of hydrogen-bond acceptors (Lipinski definition) is 3. The van der Waals surface area contributed by atoms with Gasteiger partial charge in [-0.3, -0.25) is 4.79 Å². The molecule has 2 aromatic carbocycles. The van der Waals surface area contributed by atoms with E-state index >= 15 is 0 Å². The molecule has 2 aromatic rings. The van der Waals surface area contributed by atoms with E-state index in [-0.39, 0.29) is 11.9 Å². The first-order valence-corrected chi connectivity index (χ1v) is 8.40. The lowest BCUT2D eigenvalue weighted by Gasteiger charge is -2.22. The summed E-state index contributed by atoms with van der Waals surface area (Å²) in [5.41, 5.74) is 2.14. The lowest BCUT2D eigenvalue weighted by Crippen LogP contribution is -3.12. The molecule has 0 saturated carbocycles. The molecule has 0 aliphatic rings. The number of quaternary nitrogens is 1. The van der Waals surface area contributed by atoms with Crippen LogP contribution >= 0.6 is 0 Å². The summed E-state index contributed by atoms with van der Waals surface area (Å²) in [6, 6.07) is 15.5. The molecule has 0 spiro atoms. The number of hydrogen-bond donors (Lipinski definition) is 2. The van der Waals surface area contributed by atoms with Crippen molar-refractivity contribution in [3.05, 3.63) is 59.7 Å². The van der Waals surface area contributed by atoms with Crippen LogP contribution in [0.4, 0.5) is 0 Å². The van der Waals surface area contributed by atoms with E-state index in [1.807, 2.05) is 62.5 Å². The molecule has 2 N–H and O–H groups in total. The van der Waals surface area contributed by atoms with Crippen molar-refractivity contribution < 1.29 is 19.2 Å². The Morgan fingerprint density at radius 3 is 2.48 bits per heavy atom. The highest BCUT2D eigenvalue weighted by Crippen LogP contribution is 2.23. The topological polar surface area (TPSA) is 52.0 Å². The Hall–Kier alpha value is -2.53. The van der Waals surface area contributed by atoms with Gasteiger partial charge in [-0.2, -0.15) is 0 Å². The zero-order valence-electron chi connectivity index (χ0n) is 15.3. The molecular formula is C20H27N2O3+. The summed E-state index contributed by atoms with van der Waals surface area (Å²) >= 11 is 0. The third-order valence-electron chi connectivity index (χ3n) is 4.41. The number of nitrogens with one attached hydrogen (secondary N) is 2. The minimum atomic E-state index is -0.171. The van der Waals surface area contributed by atoms with Crippen molar-refractivity contribution >= 4 is 5.91 Å². The molecule has 134 valence electrons. The minimum Gasteiger partial charge on any atom is -0.497 e. The summed E-state index contributed by atoms with van der Waals surface area (Å²) in [5.74, 6) is 1.57. The molecule has 5 heteroatoms. The largest absolute Gasteiger partial charge is 0.497 e. The highest BCUT2D eigenvalue weighted by atomic mass is 16.5. The standard InChI is InChI=1S/C20H26N2O3/c1-15(20(23)21-13-16-8-6-5-7-9-16)22(2)14-17-10-11-18(24-3)12-19(17)25-4/h5-12,15H,13-14H2,1-4H3,(H,21,23)/p+1/t15-/m1/s1. The second kappa shape index (κ2) is 9.08. The van der Waals surface area contributed by atoms with E-state index in [4.69, 9.17) is 9.47 Å². The third kappa shape index (κ3) is 5.22. The molecule has 0 heterocycles. The molecule has 0 aromatic heterocycles. The number of methoxy groups -OCH3 is 2. The summed E-state index contributed by atoms with van der Waals surface area (Å²) in [6.07, 6.45) is 0. The van der Waals surface area contributed by atoms with Gasteiger partial charge in [0.25, 0.3) is 5.91 Å². The zero-order chi connectivity index (χ0) is 18.2. The van der Waals surface area contributed by atoms with E-state index in [9.17, 15) is 4.79 Å². The number of ether oxygens (including phenoxy) is 2. The second-order valence-corrected chi connectivity index (χ2v) is 6.13. The first-order valence-electron chi connectivity index (χ1n) is 8.40. The van der Waals surface area contributed by atoms with Gasteiger partial charge in [0.05, 0.1) is 21.3 Å². The molecule has 0 bridgehead atoms. The maximum absolute atomic E-state index is 12.4. The van der Waals surface area contributed by atoms with Gasteiger partial charge in [-0.15, -0.1) is 0 Å². The number of carbonyl (C=O) groups is 1. The van der Waals surface area contributed by atoms with Crippen LogP contribution in [0.2, 0.25) is 0 Å². The van der Waals surface area contributed by atoms with Crippen molar-refractivity contribution in [1.29, 1.82) is 0 Å². The maximum Gasteiger partial charge on any atom is 0.278 e. The van der Waals surface area contributed by atoms with Gasteiger partial charge in [-0.25, -0.2) is 0 Å². The van der Waals surface area contributed by atoms with Gasteiger partial charge >= 0.3 is 0 Å². The number of amides is 1. The van der Waals surface area contributed by atoms with Crippen LogP contribution in [-0.2, 0) is 17.9 Å². The van der Waals surface area contributed by atoms with Gasteiger partial charge in [0.15, 0.2) is 6.04 Å². The average Bonchev–Trinajstić information content (AvgIpc) is 2.66. The molecule has 0 fully saturated rings. The van der Waals surface area contributed by atoms with Crippen molar-refractivity contribution in [3.63, 3.8) is 0 Å². The molecule has 1 amide bonds. The predicted octanol–water partition coefficient (Wildman–Crippen LogP) is 1.42. The highest BCUT2D eigenvalue weighted by Gasteiger charge is 2.22. The number of benzene rings is 2. The smallest absolute Gasteiger partial charge is 0.278 e. The quantitative estimate of drug-likeness (QED) is 0.762. The van der Waals surface area contributed by atoms with Crippen molar-refractivity contribution in [1.82, 2.24) is 5.32 Å². The Kier molecular flexibility index (Phi) is 6.83. The van der Waals surface area contributed by atoms with Gasteiger partial charge in [0, 0.05) is 18.2 Å². The monoisotopic (exact) mass is 343 g/mol. The fourth-order valence-corrected chi connectivity index (χ4v) is 2.61. The van der Waals surface area contributed by atoms with Gasteiger partial charge in [-0.1, -0.05) is 30.3 Å². The van der Waals surface area contributed by atoms with E-state index in [1.165, 1.54) is 0 Å². The molecule has 25 heavy (non-hydrogen) atoms. The van der Waals surface area contributed by atoms with Crippen LogP contribution in [0.3, 0.4) is 0 Å². The van der Waals surface area contributed by atoms with E-state index in [2.05, 4.69) is 5.32 Å². The van der Waals surface area contributed by atoms with E-state index in [0.29, 0.717) is 13.1 Å². The van der Waals surface area contributed by atoms with Crippen LogP contribution in [0.5, 0.6) is 11.5 Å². The highest BCUT2D eigenvalue weighted by molar-refractivity contribution is 5.79. The van der Waals surface area contributed by atoms with Gasteiger partial charge in [-0.05, 0) is 24.6 Å². The van der Waals surface area contributed by atoms with E-state index in [0.717, 1.165) is 27.5 Å². The third-order valence-corrected chi connectivity index (χ3v) is 4.41. The summed E-state index contributed by atoms with van der Waals surface area (Å²) in [7, 11) is 5.28. The van der Waals surface area contributed by atoms with Crippen LogP contribution in [0.25, 0.3) is 0 Å². The first-order chi connectivity index (χ1) is 12.0. The number of carbonyl (C=O) groups excluding carboxylic acids is 1. The van der Waals surface area contributed by atoms with Gasteiger partial charge < -0.3 is 19.7 Å². The average molecular weight is 343 g/mol. The summed E-state index contributed by atoms with van der Waals surface area (Å²) < 4.78 is 10.7. The molecule has 2 atom stereocenters. The molecule has 0 aliphatic carbocycles. The molecule has 2 rings (SSSR count). The first kappa shape index (κ1) is 18.8. The Labute approximate surface area is 149 Å². The summed E-state index contributed by atoms with van der Waals surface area (Å²) in [6.45, 7) is 3.17. The van der Waals surface area contributed by atoms with Crippen LogP contribution < -0.4 is 19.7 Å². The SMILES string of the molecule is COc1ccc(C[NH+](C)[C@H](C)C(=O)NCc2ccccc2)c(OC)c1. The van der Waals surface area contributed by atoms with Gasteiger partial charge in [0.1, 0.15) is 18.0 Å². The van der Waals surface area contributed by atoms with E-state index < -0.39 is 0 Å². The van der Waals surface area contributed by atoms with E-state index in [1.54, 1.807) is 14.2 Å². The molecule has 0 radical (unpaired) electrons. The van der Waals surface area contributed by atoms with Crippen LogP contribution in [0, 0.1) is 0 Å². The number of likely N-dealkylation sites (N-methyl/N-ethyl adjacent to an activating group) is 1. The fourth-order valence-electron chi connectivity index (χ4n) is 2.61. The molecule has 0 aliphatic heterocycles. The summed E-state index contributed by atoms with van der Waals surface area (Å²) in [5, 5.41) is 3.00. The van der Waals surface area contributed by atoms with Gasteiger partial charge in [0.2, 0.25) is 0 Å². The van der Waals surface area contributed by atoms with Crippen LogP contribution in [0.15, 0.2) is 48.5 Å². The Morgan fingerprint density at radius 2 is 1.84 bits per heavy atom. The normalized spacial score (nSPS) is 13.0. The predicted molar refractivity (Wildman–Crippen MR) is 97.9 cm³/mol. The zero-order valence-corrected chi connectivity index (χ0v) is 15.3.